The van der Waals surface area contributed by atoms with Gasteiger partial charge < -0.3 is 15.7 Å². The molecule has 1 amide bonds. The fourth-order valence-electron chi connectivity index (χ4n) is 2.23. The standard InChI is InChI=1S/C13H24N2O3/c1-9(2)8-10(11(16)17)15-12(18)13(3)4-6-14-7-5-13/h9-10,14H,4-8H2,1-3H3,(H,15,18)(H,16,17)/t10-/m1/s1. The minimum atomic E-state index is -0.949. The van der Waals surface area contributed by atoms with Crippen molar-refractivity contribution in [1.29, 1.82) is 0 Å². The van der Waals surface area contributed by atoms with E-state index in [1.807, 2.05) is 20.8 Å². The number of aliphatic carboxylic acids is 1. The fraction of sp³-hybridized carbons (Fsp3) is 0.846. The van der Waals surface area contributed by atoms with Crippen molar-refractivity contribution in [1.82, 2.24) is 10.6 Å². The van der Waals surface area contributed by atoms with Crippen LogP contribution in [0.4, 0.5) is 0 Å². The number of carbonyl (C=O) groups excluding carboxylic acids is 1. The van der Waals surface area contributed by atoms with Crippen molar-refractivity contribution in [2.24, 2.45) is 11.3 Å². The maximum absolute atomic E-state index is 12.2. The van der Waals surface area contributed by atoms with Gasteiger partial charge in [-0.3, -0.25) is 4.79 Å². The molecule has 1 aliphatic heterocycles. The molecule has 0 aliphatic carbocycles. The van der Waals surface area contributed by atoms with Crippen LogP contribution in [-0.4, -0.2) is 36.1 Å². The molecule has 0 aromatic rings. The molecule has 0 radical (unpaired) electrons. The molecule has 5 heteroatoms. The van der Waals surface area contributed by atoms with Crippen LogP contribution in [0.1, 0.15) is 40.0 Å². The van der Waals surface area contributed by atoms with Crippen molar-refractivity contribution in [3.8, 4) is 0 Å². The lowest BCUT2D eigenvalue weighted by Gasteiger charge is -2.33. The van der Waals surface area contributed by atoms with Crippen molar-refractivity contribution < 1.29 is 14.7 Å². The van der Waals surface area contributed by atoms with Gasteiger partial charge in [-0.05, 0) is 38.3 Å². The Kier molecular flexibility index (Phi) is 5.14. The minimum Gasteiger partial charge on any atom is -0.480 e. The fourth-order valence-corrected chi connectivity index (χ4v) is 2.23. The average molecular weight is 256 g/mol. The van der Waals surface area contributed by atoms with Crippen molar-refractivity contribution in [2.75, 3.05) is 13.1 Å². The van der Waals surface area contributed by atoms with Gasteiger partial charge in [-0.25, -0.2) is 4.79 Å². The van der Waals surface area contributed by atoms with Gasteiger partial charge in [-0.1, -0.05) is 20.8 Å². The first-order chi connectivity index (χ1) is 8.35. The Bertz CT molecular complexity index is 309. The molecule has 0 aromatic carbocycles. The van der Waals surface area contributed by atoms with E-state index in [1.54, 1.807) is 0 Å². The Hall–Kier alpha value is -1.10. The van der Waals surface area contributed by atoms with E-state index < -0.39 is 17.4 Å². The Morgan fingerprint density at radius 2 is 1.89 bits per heavy atom. The van der Waals surface area contributed by atoms with Gasteiger partial charge >= 0.3 is 5.97 Å². The monoisotopic (exact) mass is 256 g/mol. The quantitative estimate of drug-likeness (QED) is 0.685. The molecule has 1 atom stereocenters. The van der Waals surface area contributed by atoms with Gasteiger partial charge in [0.15, 0.2) is 0 Å². The number of carboxylic acid groups (broad SMARTS) is 1. The van der Waals surface area contributed by atoms with Crippen LogP contribution in [0.2, 0.25) is 0 Å². The molecule has 1 heterocycles. The molecular formula is C13H24N2O3. The van der Waals surface area contributed by atoms with Crippen molar-refractivity contribution in [3.05, 3.63) is 0 Å². The molecule has 3 N–H and O–H groups in total. The molecule has 1 rings (SSSR count). The second-order valence-electron chi connectivity index (χ2n) is 5.80. The zero-order valence-electron chi connectivity index (χ0n) is 11.5. The van der Waals surface area contributed by atoms with E-state index in [1.165, 1.54) is 0 Å². The highest BCUT2D eigenvalue weighted by molar-refractivity contribution is 5.87. The Morgan fingerprint density at radius 1 is 1.33 bits per heavy atom. The number of nitrogens with one attached hydrogen (secondary N) is 2. The van der Waals surface area contributed by atoms with Gasteiger partial charge in [0.25, 0.3) is 0 Å². The number of amides is 1. The zero-order valence-corrected chi connectivity index (χ0v) is 11.5. The van der Waals surface area contributed by atoms with Gasteiger partial charge in [0.05, 0.1) is 0 Å². The second kappa shape index (κ2) is 6.18. The number of hydrogen-bond acceptors (Lipinski definition) is 3. The third kappa shape index (κ3) is 3.98. The van der Waals surface area contributed by atoms with Crippen molar-refractivity contribution in [3.63, 3.8) is 0 Å². The normalized spacial score (nSPS) is 20.4. The highest BCUT2D eigenvalue weighted by Crippen LogP contribution is 2.28. The number of carboxylic acids is 1. The lowest BCUT2D eigenvalue weighted by molar-refractivity contribution is -0.144. The third-order valence-electron chi connectivity index (χ3n) is 3.57. The first-order valence-electron chi connectivity index (χ1n) is 6.59. The van der Waals surface area contributed by atoms with E-state index in [4.69, 9.17) is 5.11 Å². The first kappa shape index (κ1) is 15.0. The molecule has 0 bridgehead atoms. The lowest BCUT2D eigenvalue weighted by Crippen LogP contribution is -2.51. The van der Waals surface area contributed by atoms with E-state index >= 15 is 0 Å². The zero-order chi connectivity index (χ0) is 13.8. The Balaban J connectivity index is 2.62. The summed E-state index contributed by atoms with van der Waals surface area (Å²) in [7, 11) is 0. The van der Waals surface area contributed by atoms with Gasteiger partial charge in [-0.2, -0.15) is 0 Å². The molecule has 0 spiro atoms. The summed E-state index contributed by atoms with van der Waals surface area (Å²) >= 11 is 0. The van der Waals surface area contributed by atoms with Crippen LogP contribution in [0.25, 0.3) is 0 Å². The van der Waals surface area contributed by atoms with Crippen LogP contribution in [-0.2, 0) is 9.59 Å². The van der Waals surface area contributed by atoms with Crippen LogP contribution < -0.4 is 10.6 Å². The maximum atomic E-state index is 12.2. The molecule has 1 fully saturated rings. The highest BCUT2D eigenvalue weighted by Gasteiger charge is 2.36. The van der Waals surface area contributed by atoms with Crippen LogP contribution in [0.5, 0.6) is 0 Å². The topological polar surface area (TPSA) is 78.4 Å². The van der Waals surface area contributed by atoms with Crippen LogP contribution in [0, 0.1) is 11.3 Å². The summed E-state index contributed by atoms with van der Waals surface area (Å²) in [6, 6.07) is -0.774. The summed E-state index contributed by atoms with van der Waals surface area (Å²) in [6.07, 6.45) is 1.98. The number of rotatable bonds is 5. The largest absolute Gasteiger partial charge is 0.480 e. The van der Waals surface area contributed by atoms with Crippen LogP contribution in [0.15, 0.2) is 0 Å². The van der Waals surface area contributed by atoms with Crippen molar-refractivity contribution >= 4 is 11.9 Å². The molecule has 1 saturated heterocycles. The predicted octanol–water partition coefficient (Wildman–Crippen LogP) is 0.992. The summed E-state index contributed by atoms with van der Waals surface area (Å²) in [5.41, 5.74) is -0.435. The number of carbonyl (C=O) groups is 2. The van der Waals surface area contributed by atoms with E-state index in [-0.39, 0.29) is 11.8 Å². The SMILES string of the molecule is CC(C)C[C@@H](NC(=O)C1(C)CCNCC1)C(=O)O. The van der Waals surface area contributed by atoms with Crippen molar-refractivity contribution in [2.45, 2.75) is 46.1 Å². The van der Waals surface area contributed by atoms with Crippen LogP contribution in [0.3, 0.4) is 0 Å². The summed E-state index contributed by atoms with van der Waals surface area (Å²) in [5.74, 6) is -0.834. The molecule has 0 aromatic heterocycles. The van der Waals surface area contributed by atoms with Crippen LogP contribution >= 0.6 is 0 Å². The minimum absolute atomic E-state index is 0.128. The first-order valence-corrected chi connectivity index (χ1v) is 6.59. The van der Waals surface area contributed by atoms with E-state index in [9.17, 15) is 9.59 Å². The van der Waals surface area contributed by atoms with Gasteiger partial charge in [0.1, 0.15) is 6.04 Å². The average Bonchev–Trinajstić information content (AvgIpc) is 2.28. The summed E-state index contributed by atoms with van der Waals surface area (Å²) in [6.45, 7) is 7.44. The smallest absolute Gasteiger partial charge is 0.326 e. The highest BCUT2D eigenvalue weighted by atomic mass is 16.4. The molecule has 1 aliphatic rings. The van der Waals surface area contributed by atoms with Gasteiger partial charge in [0.2, 0.25) is 5.91 Å². The lowest BCUT2D eigenvalue weighted by atomic mass is 9.80. The Morgan fingerprint density at radius 3 is 2.33 bits per heavy atom. The number of hydrogen-bond donors (Lipinski definition) is 3. The molecule has 0 unspecified atom stereocenters. The van der Waals surface area contributed by atoms with Gasteiger partial charge in [-0.15, -0.1) is 0 Å². The molecule has 0 saturated carbocycles. The van der Waals surface area contributed by atoms with E-state index in [0.717, 1.165) is 25.9 Å². The van der Waals surface area contributed by atoms with E-state index in [0.29, 0.717) is 6.42 Å². The second-order valence-corrected chi connectivity index (χ2v) is 5.80. The summed E-state index contributed by atoms with van der Waals surface area (Å²) < 4.78 is 0. The summed E-state index contributed by atoms with van der Waals surface area (Å²) in [4.78, 5) is 23.3. The summed E-state index contributed by atoms with van der Waals surface area (Å²) in [5, 5.41) is 15.0. The molecular weight excluding hydrogens is 232 g/mol. The maximum Gasteiger partial charge on any atom is 0.326 e. The Labute approximate surface area is 108 Å². The number of piperidine rings is 1. The van der Waals surface area contributed by atoms with E-state index in [2.05, 4.69) is 10.6 Å². The predicted molar refractivity (Wildman–Crippen MR) is 69.2 cm³/mol. The third-order valence-corrected chi connectivity index (χ3v) is 3.57. The molecule has 5 nitrogen and oxygen atoms in total. The molecule has 18 heavy (non-hydrogen) atoms. The van der Waals surface area contributed by atoms with Gasteiger partial charge in [0, 0.05) is 5.41 Å². The molecule has 104 valence electrons.